The molecule has 0 aliphatic heterocycles. The predicted molar refractivity (Wildman–Crippen MR) is 65.6 cm³/mol. The summed E-state index contributed by atoms with van der Waals surface area (Å²) in [6, 6.07) is 0. The fourth-order valence-corrected chi connectivity index (χ4v) is 3.39. The van der Waals surface area contributed by atoms with Gasteiger partial charge in [-0.25, -0.2) is 4.79 Å². The summed E-state index contributed by atoms with van der Waals surface area (Å²) in [6.45, 7) is 7.86. The Hall–Kier alpha value is -1.32. The van der Waals surface area contributed by atoms with Crippen molar-refractivity contribution < 1.29 is 19.1 Å². The second kappa shape index (κ2) is 5.12. The Morgan fingerprint density at radius 2 is 2.06 bits per heavy atom. The highest BCUT2D eigenvalue weighted by Gasteiger charge is 2.50. The molecule has 3 fully saturated rings. The summed E-state index contributed by atoms with van der Waals surface area (Å²) in [5.41, 5.74) is 0.384. The average molecular weight is 252 g/mol. The van der Waals surface area contributed by atoms with Gasteiger partial charge >= 0.3 is 5.97 Å². The number of hydrogen-bond acceptors (Lipinski definition) is 4. The smallest absolute Gasteiger partial charge is 0.333 e. The van der Waals surface area contributed by atoms with Crippen molar-refractivity contribution in [3.05, 3.63) is 12.2 Å². The van der Waals surface area contributed by atoms with Gasteiger partial charge in [-0.2, -0.15) is 0 Å². The molecule has 0 heterocycles. The minimum Gasteiger partial charge on any atom is -0.460 e. The van der Waals surface area contributed by atoms with Crippen LogP contribution in [0.4, 0.5) is 0 Å². The number of carbonyl (C=O) groups is 2. The van der Waals surface area contributed by atoms with Crippen molar-refractivity contribution in [2.45, 2.75) is 45.3 Å². The Kier molecular flexibility index (Phi) is 3.73. The molecule has 18 heavy (non-hydrogen) atoms. The lowest BCUT2D eigenvalue weighted by atomic mass is 9.62. The summed E-state index contributed by atoms with van der Waals surface area (Å²) in [4.78, 5) is 22.3. The van der Waals surface area contributed by atoms with E-state index in [9.17, 15) is 9.59 Å². The Balaban J connectivity index is 2.13. The summed E-state index contributed by atoms with van der Waals surface area (Å²) < 4.78 is 10.7. The van der Waals surface area contributed by atoms with Crippen molar-refractivity contribution >= 4 is 12.4 Å². The minimum atomic E-state index is -0.389. The molecule has 5 unspecified atom stereocenters. The molecule has 3 saturated carbocycles. The molecule has 4 heteroatoms. The molecule has 3 rings (SSSR count). The SMILES string of the molecule is C=C(C)C(=O)OC1C2CCC(C(C)C2)C1OC=O. The third-order valence-electron chi connectivity index (χ3n) is 4.29. The van der Waals surface area contributed by atoms with Crippen LogP contribution in [-0.4, -0.2) is 24.6 Å². The maximum Gasteiger partial charge on any atom is 0.333 e. The monoisotopic (exact) mass is 252 g/mol. The second-order valence-corrected chi connectivity index (χ2v) is 5.56. The number of rotatable bonds is 4. The molecule has 3 aliphatic rings. The number of fused-ring (bicyclic) bond motifs is 3. The number of ether oxygens (including phenoxy) is 2. The molecule has 0 radical (unpaired) electrons. The lowest BCUT2D eigenvalue weighted by Gasteiger charge is -2.49. The fourth-order valence-electron chi connectivity index (χ4n) is 3.39. The summed E-state index contributed by atoms with van der Waals surface area (Å²) in [7, 11) is 0. The van der Waals surface area contributed by atoms with E-state index in [1.54, 1.807) is 6.92 Å². The van der Waals surface area contributed by atoms with Gasteiger partial charge in [0.05, 0.1) is 0 Å². The van der Waals surface area contributed by atoms with Crippen molar-refractivity contribution in [3.63, 3.8) is 0 Å². The summed E-state index contributed by atoms with van der Waals surface area (Å²) >= 11 is 0. The molecule has 0 aromatic heterocycles. The first-order chi connectivity index (χ1) is 8.54. The van der Waals surface area contributed by atoms with E-state index >= 15 is 0 Å². The molecule has 0 aromatic carbocycles. The van der Waals surface area contributed by atoms with E-state index in [1.165, 1.54) is 0 Å². The molecule has 0 spiro atoms. The minimum absolute atomic E-state index is 0.284. The van der Waals surface area contributed by atoms with Crippen LogP contribution in [-0.2, 0) is 19.1 Å². The van der Waals surface area contributed by atoms with Crippen LogP contribution < -0.4 is 0 Å². The van der Waals surface area contributed by atoms with Gasteiger partial charge in [-0.1, -0.05) is 13.5 Å². The van der Waals surface area contributed by atoms with Crippen molar-refractivity contribution in [3.8, 4) is 0 Å². The zero-order valence-electron chi connectivity index (χ0n) is 10.9. The van der Waals surface area contributed by atoms with Gasteiger partial charge in [0.15, 0.2) is 0 Å². The van der Waals surface area contributed by atoms with Crippen molar-refractivity contribution in [1.82, 2.24) is 0 Å². The number of hydrogen-bond donors (Lipinski definition) is 0. The molecule has 3 aliphatic carbocycles. The molecule has 5 atom stereocenters. The van der Waals surface area contributed by atoms with Crippen LogP contribution in [0.25, 0.3) is 0 Å². The van der Waals surface area contributed by atoms with E-state index < -0.39 is 0 Å². The largest absolute Gasteiger partial charge is 0.460 e. The van der Waals surface area contributed by atoms with Crippen molar-refractivity contribution in [2.24, 2.45) is 17.8 Å². The third kappa shape index (κ3) is 2.28. The van der Waals surface area contributed by atoms with Gasteiger partial charge in [-0.05, 0) is 38.0 Å². The molecule has 4 nitrogen and oxygen atoms in total. The maximum absolute atomic E-state index is 11.7. The predicted octanol–water partition coefficient (Wildman–Crippen LogP) is 2.08. The van der Waals surface area contributed by atoms with Gasteiger partial charge in [0.1, 0.15) is 12.2 Å². The summed E-state index contributed by atoms with van der Waals surface area (Å²) in [6.07, 6.45) is 2.55. The van der Waals surface area contributed by atoms with Crippen LogP contribution >= 0.6 is 0 Å². The van der Waals surface area contributed by atoms with E-state index in [4.69, 9.17) is 9.47 Å². The van der Waals surface area contributed by atoms with E-state index in [0.717, 1.165) is 19.3 Å². The van der Waals surface area contributed by atoms with Crippen LogP contribution in [0.2, 0.25) is 0 Å². The Morgan fingerprint density at radius 1 is 1.33 bits per heavy atom. The molecule has 2 bridgehead atoms. The fraction of sp³-hybridized carbons (Fsp3) is 0.714. The Morgan fingerprint density at radius 3 is 2.61 bits per heavy atom. The van der Waals surface area contributed by atoms with Gasteiger partial charge in [-0.15, -0.1) is 0 Å². The molecule has 0 amide bonds. The highest BCUT2D eigenvalue weighted by Crippen LogP contribution is 2.47. The Bertz CT molecular complexity index is 363. The Labute approximate surface area is 107 Å². The number of carbonyl (C=O) groups excluding carboxylic acids is 2. The van der Waals surface area contributed by atoms with Crippen LogP contribution in [0, 0.1) is 17.8 Å². The maximum atomic E-state index is 11.7. The average Bonchev–Trinajstić information content (AvgIpc) is 2.32. The van der Waals surface area contributed by atoms with Crippen LogP contribution in [0.15, 0.2) is 12.2 Å². The van der Waals surface area contributed by atoms with Crippen LogP contribution in [0.1, 0.15) is 33.1 Å². The first kappa shape index (κ1) is 13.1. The number of esters is 1. The molecule has 0 aromatic rings. The molecule has 100 valence electrons. The zero-order chi connectivity index (χ0) is 13.3. The van der Waals surface area contributed by atoms with Gasteiger partial charge in [0.2, 0.25) is 0 Å². The summed E-state index contributed by atoms with van der Waals surface area (Å²) in [5.74, 6) is 0.745. The highest BCUT2D eigenvalue weighted by atomic mass is 16.6. The van der Waals surface area contributed by atoms with Gasteiger partial charge in [-0.3, -0.25) is 4.79 Å². The van der Waals surface area contributed by atoms with E-state index in [2.05, 4.69) is 13.5 Å². The first-order valence-electron chi connectivity index (χ1n) is 6.50. The van der Waals surface area contributed by atoms with E-state index in [1.807, 2.05) is 0 Å². The molecule has 0 N–H and O–H groups in total. The normalized spacial score (nSPS) is 38.0. The first-order valence-corrected chi connectivity index (χ1v) is 6.50. The molecular formula is C14H20O4. The van der Waals surface area contributed by atoms with E-state index in [0.29, 0.717) is 29.8 Å². The molecular weight excluding hydrogens is 232 g/mol. The quantitative estimate of drug-likeness (QED) is 0.437. The lowest BCUT2D eigenvalue weighted by molar-refractivity contribution is -0.188. The zero-order valence-corrected chi connectivity index (χ0v) is 10.9. The van der Waals surface area contributed by atoms with Gasteiger partial charge in [0.25, 0.3) is 6.47 Å². The standard InChI is InChI=1S/C14H20O4/c1-8(2)14(16)18-12-10-4-5-11(9(3)6-10)13(12)17-7-15/h7,9-13H,1,4-6H2,2-3H3. The van der Waals surface area contributed by atoms with Crippen molar-refractivity contribution in [1.29, 1.82) is 0 Å². The lowest BCUT2D eigenvalue weighted by Crippen LogP contribution is -2.54. The molecule has 0 saturated heterocycles. The van der Waals surface area contributed by atoms with E-state index in [-0.39, 0.29) is 18.2 Å². The van der Waals surface area contributed by atoms with Crippen LogP contribution in [0.3, 0.4) is 0 Å². The highest BCUT2D eigenvalue weighted by molar-refractivity contribution is 5.87. The topological polar surface area (TPSA) is 52.6 Å². The van der Waals surface area contributed by atoms with Crippen molar-refractivity contribution in [2.75, 3.05) is 0 Å². The second-order valence-electron chi connectivity index (χ2n) is 5.56. The van der Waals surface area contributed by atoms with Gasteiger partial charge in [0, 0.05) is 11.5 Å². The third-order valence-corrected chi connectivity index (χ3v) is 4.29. The van der Waals surface area contributed by atoms with Crippen LogP contribution in [0.5, 0.6) is 0 Å². The van der Waals surface area contributed by atoms with Gasteiger partial charge < -0.3 is 9.47 Å². The summed E-state index contributed by atoms with van der Waals surface area (Å²) in [5, 5.41) is 0.